The maximum atomic E-state index is 13.3. The average Bonchev–Trinajstić information content (AvgIpc) is 3.03. The van der Waals surface area contributed by atoms with Gasteiger partial charge in [-0.3, -0.25) is 14.4 Å². The van der Waals surface area contributed by atoms with E-state index in [0.717, 1.165) is 10.5 Å². The summed E-state index contributed by atoms with van der Waals surface area (Å²) in [6.07, 6.45) is 0. The van der Waals surface area contributed by atoms with Gasteiger partial charge >= 0.3 is 0 Å². The van der Waals surface area contributed by atoms with Gasteiger partial charge in [0.15, 0.2) is 0 Å². The van der Waals surface area contributed by atoms with Crippen molar-refractivity contribution >= 4 is 104 Å². The first kappa shape index (κ1) is 23.6. The summed E-state index contributed by atoms with van der Waals surface area (Å²) in [5, 5.41) is 3.29. The molecule has 1 aliphatic rings. The Labute approximate surface area is 222 Å². The topological polar surface area (TPSA) is 66.5 Å². The van der Waals surface area contributed by atoms with Crippen LogP contribution in [0.5, 0.6) is 0 Å². The number of carbonyl (C=O) groups excluding carboxylic acids is 3. The number of carbonyl (C=O) groups is 3. The minimum atomic E-state index is -0.537. The highest BCUT2D eigenvalue weighted by Gasteiger charge is 2.43. The van der Waals surface area contributed by atoms with Crippen molar-refractivity contribution in [1.82, 2.24) is 0 Å². The van der Waals surface area contributed by atoms with Crippen molar-refractivity contribution in [2.75, 3.05) is 10.2 Å². The van der Waals surface area contributed by atoms with Crippen LogP contribution in [0.1, 0.15) is 36.6 Å². The molecule has 0 aromatic heterocycles. The van der Waals surface area contributed by atoms with Crippen LogP contribution in [-0.4, -0.2) is 17.7 Å². The molecule has 3 amide bonds. The number of benzene rings is 3. The quantitative estimate of drug-likeness (QED) is 0.172. The summed E-state index contributed by atoms with van der Waals surface area (Å²) < 4.78 is 2.07. The Morgan fingerprint density at radius 1 is 0.875 bits per heavy atom. The summed E-state index contributed by atoms with van der Waals surface area (Å²) in [5.41, 5.74) is 2.13. The molecule has 0 aliphatic carbocycles. The number of rotatable bonds is 3. The van der Waals surface area contributed by atoms with Gasteiger partial charge < -0.3 is 5.32 Å². The van der Waals surface area contributed by atoms with Crippen molar-refractivity contribution in [2.24, 2.45) is 0 Å². The van der Waals surface area contributed by atoms with Crippen LogP contribution >= 0.6 is 75.3 Å². The fourth-order valence-corrected chi connectivity index (χ4v) is 5.98. The van der Waals surface area contributed by atoms with Gasteiger partial charge in [0.2, 0.25) is 0 Å². The first-order valence-corrected chi connectivity index (χ1v) is 12.6. The van der Waals surface area contributed by atoms with Gasteiger partial charge in [0, 0.05) is 28.6 Å². The maximum Gasteiger partial charge on any atom is 0.267 e. The number of halogens is 5. The SMILES string of the molecule is Cc1ccc(Cl)cc1NC(=O)c1ccccc1N1C(=O)c2c(Br)c(Br)c(Br)c(Br)c2C1=O. The standard InChI is InChI=1S/C22H11Br4ClN2O3/c1-9-6-7-10(27)8-12(9)28-20(30)11-4-2-3-5-13(11)29-21(31)14-15(22(29)32)17(24)19(26)18(25)16(14)23/h2-8H,1H3,(H,28,30). The van der Waals surface area contributed by atoms with E-state index in [1.165, 1.54) is 0 Å². The fourth-order valence-electron chi connectivity index (χ4n) is 3.35. The van der Waals surface area contributed by atoms with Crippen LogP contribution in [-0.2, 0) is 0 Å². The van der Waals surface area contributed by atoms with Crippen molar-refractivity contribution < 1.29 is 14.4 Å². The molecule has 3 aromatic carbocycles. The molecule has 5 nitrogen and oxygen atoms in total. The van der Waals surface area contributed by atoms with Crippen molar-refractivity contribution in [2.45, 2.75) is 6.92 Å². The second kappa shape index (κ2) is 9.02. The second-order valence-electron chi connectivity index (χ2n) is 6.88. The highest BCUT2D eigenvalue weighted by Crippen LogP contribution is 2.46. The average molecular weight is 706 g/mol. The van der Waals surface area contributed by atoms with Crippen LogP contribution in [0.2, 0.25) is 5.02 Å². The molecule has 0 saturated carbocycles. The third-order valence-corrected chi connectivity index (χ3v) is 9.94. The lowest BCUT2D eigenvalue weighted by Crippen LogP contribution is -2.31. The third-order valence-electron chi connectivity index (χ3n) is 4.94. The lowest BCUT2D eigenvalue weighted by molar-refractivity contribution is 0.0925. The lowest BCUT2D eigenvalue weighted by Gasteiger charge is -2.18. The van der Waals surface area contributed by atoms with Gasteiger partial charge in [-0.1, -0.05) is 29.8 Å². The lowest BCUT2D eigenvalue weighted by atomic mass is 10.1. The zero-order valence-corrected chi connectivity index (χ0v) is 23.2. The minimum Gasteiger partial charge on any atom is -0.322 e. The maximum absolute atomic E-state index is 13.3. The Bertz CT molecular complexity index is 1300. The van der Waals surface area contributed by atoms with Crippen molar-refractivity contribution in [3.05, 3.63) is 87.6 Å². The van der Waals surface area contributed by atoms with Gasteiger partial charge in [-0.2, -0.15) is 0 Å². The number of fused-ring (bicyclic) bond motifs is 1. The molecule has 162 valence electrons. The molecule has 0 atom stereocenters. The van der Waals surface area contributed by atoms with E-state index in [2.05, 4.69) is 69.0 Å². The Balaban J connectivity index is 1.79. The number of imide groups is 1. The smallest absolute Gasteiger partial charge is 0.267 e. The molecule has 0 fully saturated rings. The van der Waals surface area contributed by atoms with E-state index in [-0.39, 0.29) is 22.4 Å². The van der Waals surface area contributed by atoms with Crippen molar-refractivity contribution in [1.29, 1.82) is 0 Å². The van der Waals surface area contributed by atoms with E-state index >= 15 is 0 Å². The summed E-state index contributed by atoms with van der Waals surface area (Å²) in [4.78, 5) is 40.8. The summed E-state index contributed by atoms with van der Waals surface area (Å²) in [6, 6.07) is 11.6. The molecule has 1 aliphatic heterocycles. The molecule has 10 heteroatoms. The summed E-state index contributed by atoms with van der Waals surface area (Å²) >= 11 is 19.7. The highest BCUT2D eigenvalue weighted by molar-refractivity contribution is 9.15. The van der Waals surface area contributed by atoms with E-state index in [1.54, 1.807) is 42.5 Å². The van der Waals surface area contributed by atoms with Crippen LogP contribution in [0.15, 0.2) is 60.4 Å². The largest absolute Gasteiger partial charge is 0.322 e. The van der Waals surface area contributed by atoms with E-state index in [1.807, 2.05) is 6.92 Å². The molecule has 0 bridgehead atoms. The van der Waals surface area contributed by atoms with E-state index in [0.29, 0.717) is 28.6 Å². The van der Waals surface area contributed by atoms with Gasteiger partial charge in [-0.15, -0.1) is 0 Å². The molecule has 1 N–H and O–H groups in total. The van der Waals surface area contributed by atoms with Crippen LogP contribution in [0.3, 0.4) is 0 Å². The molecule has 0 radical (unpaired) electrons. The van der Waals surface area contributed by atoms with Crippen molar-refractivity contribution in [3.8, 4) is 0 Å². The number of nitrogens with zero attached hydrogens (tertiary/aromatic N) is 1. The predicted octanol–water partition coefficient (Wildman–Crippen LogP) is 7.75. The van der Waals surface area contributed by atoms with Crippen LogP contribution in [0.25, 0.3) is 0 Å². The van der Waals surface area contributed by atoms with Crippen molar-refractivity contribution in [3.63, 3.8) is 0 Å². The van der Waals surface area contributed by atoms with E-state index in [4.69, 9.17) is 11.6 Å². The first-order chi connectivity index (χ1) is 15.1. The monoisotopic (exact) mass is 702 g/mol. The first-order valence-electron chi connectivity index (χ1n) is 9.04. The number of anilines is 2. The molecule has 3 aromatic rings. The number of hydrogen-bond donors (Lipinski definition) is 1. The number of hydrogen-bond acceptors (Lipinski definition) is 3. The third kappa shape index (κ3) is 3.88. The molecule has 0 saturated heterocycles. The predicted molar refractivity (Wildman–Crippen MR) is 139 cm³/mol. The fraction of sp³-hybridized carbons (Fsp3) is 0.0455. The Hall–Kier alpha value is -1.52. The molecule has 0 unspecified atom stereocenters. The molecular weight excluding hydrogens is 695 g/mol. The van der Waals surface area contributed by atoms with E-state index < -0.39 is 17.7 Å². The summed E-state index contributed by atoms with van der Waals surface area (Å²) in [7, 11) is 0. The van der Waals surface area contributed by atoms with Crippen LogP contribution in [0, 0.1) is 6.92 Å². The van der Waals surface area contributed by atoms with Gasteiger partial charge in [0.1, 0.15) is 0 Å². The van der Waals surface area contributed by atoms with Gasteiger partial charge in [0.25, 0.3) is 17.7 Å². The number of para-hydroxylation sites is 1. The minimum absolute atomic E-state index is 0.173. The second-order valence-corrected chi connectivity index (χ2v) is 10.5. The van der Waals surface area contributed by atoms with Gasteiger partial charge in [-0.25, -0.2) is 4.90 Å². The molecule has 1 heterocycles. The van der Waals surface area contributed by atoms with Gasteiger partial charge in [0.05, 0.1) is 22.4 Å². The Kier molecular flexibility index (Phi) is 6.66. The molecule has 0 spiro atoms. The Morgan fingerprint density at radius 2 is 1.44 bits per heavy atom. The number of aryl methyl sites for hydroxylation is 1. The van der Waals surface area contributed by atoms with E-state index in [9.17, 15) is 14.4 Å². The van der Waals surface area contributed by atoms with Crippen LogP contribution in [0.4, 0.5) is 11.4 Å². The normalized spacial score (nSPS) is 12.9. The Morgan fingerprint density at radius 3 is 2.03 bits per heavy atom. The van der Waals surface area contributed by atoms with Crippen LogP contribution < -0.4 is 10.2 Å². The highest BCUT2D eigenvalue weighted by atomic mass is 79.9. The summed E-state index contributed by atoms with van der Waals surface area (Å²) in [5.74, 6) is -1.54. The number of nitrogens with one attached hydrogen (secondary N) is 1. The number of amides is 3. The molecule has 4 rings (SSSR count). The van der Waals surface area contributed by atoms with Gasteiger partial charge in [-0.05, 0) is 100 Å². The summed E-state index contributed by atoms with van der Waals surface area (Å²) in [6.45, 7) is 1.84. The zero-order valence-electron chi connectivity index (χ0n) is 16.1. The zero-order chi connectivity index (χ0) is 23.3. The molecular formula is C22H11Br4ClN2O3. The molecule has 32 heavy (non-hydrogen) atoms.